The standard InChI is InChI=1S/C22H26N4O/c23-12-19-20(27)10-15-2-3-17(26-13-16(24)14-26)11-18(15)21(19)25-8-6-22(7-9-25)4-1-5-22/h2-3,11,16H,1,4-10,13-14,24H2. The van der Waals surface area contributed by atoms with Crippen molar-refractivity contribution < 1.29 is 4.79 Å². The molecule has 2 N–H and O–H groups in total. The zero-order valence-electron chi connectivity index (χ0n) is 15.7. The molecule has 5 nitrogen and oxygen atoms in total. The number of anilines is 1. The Hall–Kier alpha value is -2.32. The van der Waals surface area contributed by atoms with Gasteiger partial charge in [-0.3, -0.25) is 4.79 Å². The molecule has 3 fully saturated rings. The molecule has 2 aliphatic heterocycles. The van der Waals surface area contributed by atoms with Crippen LogP contribution < -0.4 is 10.6 Å². The number of nitriles is 1. The van der Waals surface area contributed by atoms with Crippen LogP contribution in [0.25, 0.3) is 5.70 Å². The van der Waals surface area contributed by atoms with Gasteiger partial charge in [0.2, 0.25) is 0 Å². The minimum absolute atomic E-state index is 0.0392. The number of carbonyl (C=O) groups is 1. The van der Waals surface area contributed by atoms with Gasteiger partial charge in [-0.2, -0.15) is 5.26 Å². The summed E-state index contributed by atoms with van der Waals surface area (Å²) in [6, 6.07) is 8.80. The second-order valence-corrected chi connectivity index (χ2v) is 8.78. The molecule has 0 unspecified atom stereocenters. The maximum Gasteiger partial charge on any atom is 0.179 e. The molecule has 0 aromatic heterocycles. The normalized spacial score (nSPS) is 24.4. The van der Waals surface area contributed by atoms with E-state index in [9.17, 15) is 10.1 Å². The van der Waals surface area contributed by atoms with Gasteiger partial charge in [0.15, 0.2) is 5.78 Å². The summed E-state index contributed by atoms with van der Waals surface area (Å²) in [5.41, 5.74) is 11.0. The van der Waals surface area contributed by atoms with Crippen molar-refractivity contribution >= 4 is 17.2 Å². The number of carbonyl (C=O) groups excluding carboxylic acids is 1. The van der Waals surface area contributed by atoms with Gasteiger partial charge in [0.1, 0.15) is 11.6 Å². The minimum atomic E-state index is -0.0392. The van der Waals surface area contributed by atoms with Crippen molar-refractivity contribution in [1.82, 2.24) is 4.90 Å². The number of ketones is 1. The fraction of sp³-hybridized carbons (Fsp3) is 0.545. The molecule has 0 atom stereocenters. The highest BCUT2D eigenvalue weighted by molar-refractivity contribution is 6.10. The van der Waals surface area contributed by atoms with E-state index in [0.29, 0.717) is 17.4 Å². The first-order valence-corrected chi connectivity index (χ1v) is 10.1. The number of nitrogens with zero attached hydrogens (tertiary/aromatic N) is 3. The Morgan fingerprint density at radius 1 is 1.11 bits per heavy atom. The van der Waals surface area contributed by atoms with Crippen molar-refractivity contribution in [3.8, 4) is 6.07 Å². The lowest BCUT2D eigenvalue weighted by atomic mass is 9.63. The van der Waals surface area contributed by atoms with Crippen LogP contribution in [0.2, 0.25) is 0 Å². The van der Waals surface area contributed by atoms with Crippen molar-refractivity contribution in [2.45, 2.75) is 44.6 Å². The van der Waals surface area contributed by atoms with Gasteiger partial charge >= 0.3 is 0 Å². The zero-order valence-corrected chi connectivity index (χ0v) is 15.7. The molecule has 2 aliphatic carbocycles. The number of benzene rings is 1. The molecule has 4 aliphatic rings. The van der Waals surface area contributed by atoms with E-state index < -0.39 is 0 Å². The van der Waals surface area contributed by atoms with E-state index in [2.05, 4.69) is 34.1 Å². The number of likely N-dealkylation sites (tertiary alicyclic amines) is 1. The average Bonchev–Trinajstić information content (AvgIpc) is 2.63. The quantitative estimate of drug-likeness (QED) is 0.875. The second kappa shape index (κ2) is 6.10. The summed E-state index contributed by atoms with van der Waals surface area (Å²) >= 11 is 0. The molecule has 1 aromatic rings. The predicted octanol–water partition coefficient (Wildman–Crippen LogP) is 2.46. The fourth-order valence-corrected chi connectivity index (χ4v) is 5.21. The molecule has 1 saturated carbocycles. The number of nitrogens with two attached hydrogens (primary N) is 1. The number of rotatable bonds is 2. The first-order chi connectivity index (χ1) is 13.1. The van der Waals surface area contributed by atoms with Crippen molar-refractivity contribution in [3.63, 3.8) is 0 Å². The maximum atomic E-state index is 12.6. The minimum Gasteiger partial charge on any atom is -0.370 e. The van der Waals surface area contributed by atoms with Crippen LogP contribution in [-0.4, -0.2) is 42.9 Å². The van der Waals surface area contributed by atoms with E-state index in [0.717, 1.165) is 48.7 Å². The van der Waals surface area contributed by atoms with Gasteiger partial charge in [-0.15, -0.1) is 0 Å². The Balaban J connectivity index is 1.51. The van der Waals surface area contributed by atoms with E-state index in [4.69, 9.17) is 5.73 Å². The van der Waals surface area contributed by atoms with Gasteiger partial charge in [0.25, 0.3) is 0 Å². The summed E-state index contributed by atoms with van der Waals surface area (Å²) in [4.78, 5) is 17.2. The fourth-order valence-electron chi connectivity index (χ4n) is 5.21. The number of hydrogen-bond acceptors (Lipinski definition) is 5. The molecule has 2 saturated heterocycles. The lowest BCUT2D eigenvalue weighted by Crippen LogP contribution is -2.55. The molecule has 0 amide bonds. The smallest absolute Gasteiger partial charge is 0.179 e. The monoisotopic (exact) mass is 362 g/mol. The van der Waals surface area contributed by atoms with E-state index >= 15 is 0 Å². The van der Waals surface area contributed by atoms with E-state index in [1.807, 2.05) is 0 Å². The Labute approximate surface area is 160 Å². The van der Waals surface area contributed by atoms with E-state index in [-0.39, 0.29) is 11.8 Å². The van der Waals surface area contributed by atoms with E-state index in [1.54, 1.807) is 0 Å². The van der Waals surface area contributed by atoms with Crippen molar-refractivity contribution in [3.05, 3.63) is 34.9 Å². The molecule has 27 heavy (non-hydrogen) atoms. The van der Waals surface area contributed by atoms with Crippen LogP contribution in [0.15, 0.2) is 23.8 Å². The van der Waals surface area contributed by atoms with Crippen LogP contribution in [0, 0.1) is 16.7 Å². The Morgan fingerprint density at radius 3 is 2.44 bits per heavy atom. The van der Waals surface area contributed by atoms with Gasteiger partial charge in [-0.25, -0.2) is 0 Å². The highest BCUT2D eigenvalue weighted by Crippen LogP contribution is 2.50. The van der Waals surface area contributed by atoms with Gasteiger partial charge in [0, 0.05) is 49.9 Å². The third-order valence-corrected chi connectivity index (χ3v) is 7.16. The summed E-state index contributed by atoms with van der Waals surface area (Å²) in [5.74, 6) is -0.0392. The van der Waals surface area contributed by atoms with Crippen LogP contribution in [0.1, 0.15) is 43.2 Å². The summed E-state index contributed by atoms with van der Waals surface area (Å²) in [6.45, 7) is 3.64. The SMILES string of the molecule is N#CC1=C(N2CCC3(CCC3)CC2)c2cc(N3CC(N)C3)ccc2CC1=O. The first kappa shape index (κ1) is 16.8. The summed E-state index contributed by atoms with van der Waals surface area (Å²) in [5, 5.41) is 9.74. The van der Waals surface area contributed by atoms with Crippen LogP contribution >= 0.6 is 0 Å². The summed E-state index contributed by atoms with van der Waals surface area (Å²) in [7, 11) is 0. The number of hydrogen-bond donors (Lipinski definition) is 1. The van der Waals surface area contributed by atoms with Crippen LogP contribution in [-0.2, 0) is 11.2 Å². The molecular formula is C22H26N4O. The number of piperidine rings is 1. The van der Waals surface area contributed by atoms with E-state index in [1.165, 1.54) is 32.1 Å². The highest BCUT2D eigenvalue weighted by atomic mass is 16.1. The van der Waals surface area contributed by atoms with Gasteiger partial charge in [-0.05, 0) is 48.8 Å². The van der Waals surface area contributed by atoms with Crippen LogP contribution in [0.3, 0.4) is 0 Å². The number of Topliss-reactive ketones (excluding diaryl/α,β-unsaturated/α-hetero) is 1. The molecular weight excluding hydrogens is 336 g/mol. The zero-order chi connectivity index (χ0) is 18.6. The molecule has 5 heteroatoms. The maximum absolute atomic E-state index is 12.6. The van der Waals surface area contributed by atoms with Gasteiger partial charge < -0.3 is 15.5 Å². The third kappa shape index (κ3) is 2.66. The number of allylic oxidation sites excluding steroid dienone is 1. The molecule has 0 bridgehead atoms. The molecule has 0 radical (unpaired) electrons. The van der Waals surface area contributed by atoms with Crippen LogP contribution in [0.5, 0.6) is 0 Å². The summed E-state index contributed by atoms with van der Waals surface area (Å²) < 4.78 is 0. The molecule has 5 rings (SSSR count). The van der Waals surface area contributed by atoms with Crippen LogP contribution in [0.4, 0.5) is 5.69 Å². The molecule has 2 heterocycles. The largest absolute Gasteiger partial charge is 0.370 e. The molecule has 1 aromatic carbocycles. The summed E-state index contributed by atoms with van der Waals surface area (Å²) in [6.07, 6.45) is 6.74. The topological polar surface area (TPSA) is 73.4 Å². The van der Waals surface area contributed by atoms with Gasteiger partial charge in [-0.1, -0.05) is 12.5 Å². The number of fused-ring (bicyclic) bond motifs is 1. The molecule has 140 valence electrons. The average molecular weight is 362 g/mol. The van der Waals surface area contributed by atoms with Gasteiger partial charge in [0.05, 0.1) is 5.70 Å². The Kier molecular flexibility index (Phi) is 3.80. The van der Waals surface area contributed by atoms with Crippen molar-refractivity contribution in [2.24, 2.45) is 11.1 Å². The second-order valence-electron chi connectivity index (χ2n) is 8.78. The highest BCUT2D eigenvalue weighted by Gasteiger charge is 2.41. The van der Waals surface area contributed by atoms with Crippen molar-refractivity contribution in [2.75, 3.05) is 31.1 Å². The van der Waals surface area contributed by atoms with Crippen molar-refractivity contribution in [1.29, 1.82) is 5.26 Å². The third-order valence-electron chi connectivity index (χ3n) is 7.16. The lowest BCUT2D eigenvalue weighted by Gasteiger charge is -2.49. The molecule has 1 spiro atoms. The first-order valence-electron chi connectivity index (χ1n) is 10.1. The Morgan fingerprint density at radius 2 is 1.85 bits per heavy atom. The lowest BCUT2D eigenvalue weighted by molar-refractivity contribution is -0.114. The Bertz CT molecular complexity index is 861. The predicted molar refractivity (Wildman–Crippen MR) is 105 cm³/mol.